The van der Waals surface area contributed by atoms with Gasteiger partial charge in [0, 0.05) is 49.8 Å². The zero-order valence-electron chi connectivity index (χ0n) is 19.7. The van der Waals surface area contributed by atoms with Gasteiger partial charge in [0.25, 0.3) is 0 Å². The van der Waals surface area contributed by atoms with E-state index in [1.807, 2.05) is 18.3 Å². The molecule has 1 saturated heterocycles. The number of likely N-dealkylation sites (N-methyl/N-ethyl adjacent to an activating group) is 1. The number of aromatic nitrogens is 3. The van der Waals surface area contributed by atoms with E-state index in [0.29, 0.717) is 43.1 Å². The highest BCUT2D eigenvalue weighted by Gasteiger charge is 2.43. The van der Waals surface area contributed by atoms with Crippen LogP contribution in [-0.4, -0.2) is 81.7 Å². The molecule has 33 heavy (non-hydrogen) atoms. The Kier molecular flexibility index (Phi) is 5.89. The third kappa shape index (κ3) is 4.44. The maximum absolute atomic E-state index is 12.9. The summed E-state index contributed by atoms with van der Waals surface area (Å²) in [7, 11) is 3.22. The average Bonchev–Trinajstić information content (AvgIpc) is 3.37. The van der Waals surface area contributed by atoms with Crippen LogP contribution >= 0.6 is 0 Å². The summed E-state index contributed by atoms with van der Waals surface area (Å²) in [6.07, 6.45) is 4.41. The fraction of sp³-hybridized carbons (Fsp3) is 0.591. The molecule has 3 unspecified atom stereocenters. The van der Waals surface area contributed by atoms with Crippen LogP contribution in [0.25, 0.3) is 5.65 Å². The van der Waals surface area contributed by atoms with Crippen molar-refractivity contribution in [3.05, 3.63) is 23.5 Å². The molecule has 2 aromatic heterocycles. The lowest BCUT2D eigenvalue weighted by Crippen LogP contribution is -2.53. The standard InChI is InChI=1S/C22H31N7O4/c1-22(2,3)33-21(31)28-8-6-7-14(18(28)20(30)32-5)16-9-17(23)29-19(26-16)15(11-25-29)13-10-24-27(4)12-13/h9-11,13-14,18H,6-8,12,23H2,1-5H3. The lowest BCUT2D eigenvalue weighted by molar-refractivity contribution is -0.149. The number of nitrogens with zero attached hydrogens (tertiary/aromatic N) is 6. The fourth-order valence-electron chi connectivity index (χ4n) is 4.47. The van der Waals surface area contributed by atoms with Gasteiger partial charge < -0.3 is 15.2 Å². The second kappa shape index (κ2) is 8.53. The molecule has 2 aromatic rings. The number of carbonyl (C=O) groups excluding carboxylic acids is 2. The maximum Gasteiger partial charge on any atom is 0.411 e. The Hall–Kier alpha value is -3.37. The van der Waals surface area contributed by atoms with E-state index in [9.17, 15) is 9.59 Å². The third-order valence-electron chi connectivity index (χ3n) is 5.93. The van der Waals surface area contributed by atoms with Gasteiger partial charge in [-0.3, -0.25) is 9.91 Å². The maximum atomic E-state index is 12.9. The Labute approximate surface area is 192 Å². The van der Waals surface area contributed by atoms with Gasteiger partial charge in [-0.2, -0.15) is 14.7 Å². The number of fused-ring (bicyclic) bond motifs is 1. The van der Waals surface area contributed by atoms with Crippen molar-refractivity contribution in [2.75, 3.05) is 33.0 Å². The number of likely N-dealkylation sites (tertiary alicyclic amines) is 1. The number of anilines is 1. The van der Waals surface area contributed by atoms with Crippen LogP contribution in [0.2, 0.25) is 0 Å². The Balaban J connectivity index is 1.74. The van der Waals surface area contributed by atoms with E-state index in [0.717, 1.165) is 5.56 Å². The SMILES string of the molecule is COC(=O)C1C(c2cc(N)n3ncc(C4C=NN(C)C4)c3n2)CCCN1C(=O)OC(C)(C)C. The van der Waals surface area contributed by atoms with Crippen molar-refractivity contribution in [2.45, 2.75) is 57.1 Å². The molecule has 178 valence electrons. The molecule has 2 aliphatic rings. The summed E-state index contributed by atoms with van der Waals surface area (Å²) < 4.78 is 12.2. The molecule has 2 N–H and O–H groups in total. The van der Waals surface area contributed by atoms with Crippen LogP contribution in [0.4, 0.5) is 10.6 Å². The lowest BCUT2D eigenvalue weighted by atomic mass is 9.86. The van der Waals surface area contributed by atoms with Gasteiger partial charge in [-0.15, -0.1) is 0 Å². The number of piperidine rings is 1. The molecule has 0 bridgehead atoms. The van der Waals surface area contributed by atoms with Gasteiger partial charge in [0.1, 0.15) is 17.5 Å². The fourth-order valence-corrected chi connectivity index (χ4v) is 4.47. The van der Waals surface area contributed by atoms with Gasteiger partial charge in [0.2, 0.25) is 0 Å². The zero-order valence-corrected chi connectivity index (χ0v) is 19.7. The van der Waals surface area contributed by atoms with Crippen LogP contribution in [0.15, 0.2) is 17.4 Å². The van der Waals surface area contributed by atoms with Crippen LogP contribution in [0.1, 0.15) is 56.7 Å². The summed E-state index contributed by atoms with van der Waals surface area (Å²) >= 11 is 0. The normalized spacial score (nSPS) is 23.2. The number of esters is 1. The van der Waals surface area contributed by atoms with Crippen LogP contribution in [-0.2, 0) is 14.3 Å². The lowest BCUT2D eigenvalue weighted by Gasteiger charge is -2.39. The van der Waals surface area contributed by atoms with E-state index in [-0.39, 0.29) is 5.92 Å². The van der Waals surface area contributed by atoms with Crippen molar-refractivity contribution >= 4 is 29.7 Å². The Morgan fingerprint density at radius 2 is 2.03 bits per heavy atom. The summed E-state index contributed by atoms with van der Waals surface area (Å²) in [5.74, 6) is -0.462. The molecule has 0 spiro atoms. The first kappa shape index (κ1) is 22.8. The molecule has 0 aromatic carbocycles. The quantitative estimate of drug-likeness (QED) is 0.693. The first-order chi connectivity index (χ1) is 15.6. The largest absolute Gasteiger partial charge is 0.467 e. The minimum absolute atomic E-state index is 0.0377. The molecule has 0 saturated carbocycles. The van der Waals surface area contributed by atoms with Crippen molar-refractivity contribution in [3.8, 4) is 0 Å². The number of ether oxygens (including phenoxy) is 2. The Morgan fingerprint density at radius 1 is 1.27 bits per heavy atom. The number of methoxy groups -OCH3 is 1. The van der Waals surface area contributed by atoms with E-state index in [4.69, 9.17) is 20.2 Å². The predicted molar refractivity (Wildman–Crippen MR) is 122 cm³/mol. The second-order valence-corrected chi connectivity index (χ2v) is 9.54. The number of nitrogens with two attached hydrogens (primary N) is 1. The summed E-state index contributed by atoms with van der Waals surface area (Å²) in [5.41, 5.74) is 7.79. The topological polar surface area (TPSA) is 128 Å². The van der Waals surface area contributed by atoms with Gasteiger partial charge in [-0.1, -0.05) is 0 Å². The molecule has 4 heterocycles. The van der Waals surface area contributed by atoms with E-state index < -0.39 is 29.6 Å². The molecular formula is C22H31N7O4. The van der Waals surface area contributed by atoms with Crippen LogP contribution < -0.4 is 5.73 Å². The highest BCUT2D eigenvalue weighted by Crippen LogP contribution is 2.35. The molecule has 11 heteroatoms. The molecule has 0 radical (unpaired) electrons. The first-order valence-electron chi connectivity index (χ1n) is 11.1. The molecular weight excluding hydrogens is 426 g/mol. The number of hydrogen-bond donors (Lipinski definition) is 1. The first-order valence-corrected chi connectivity index (χ1v) is 11.1. The number of amides is 1. The number of rotatable bonds is 3. The molecule has 4 rings (SSSR count). The zero-order chi connectivity index (χ0) is 23.9. The second-order valence-electron chi connectivity index (χ2n) is 9.54. The average molecular weight is 458 g/mol. The Bertz CT molecular complexity index is 1090. The molecule has 2 aliphatic heterocycles. The third-order valence-corrected chi connectivity index (χ3v) is 5.93. The van der Waals surface area contributed by atoms with Gasteiger partial charge in [-0.25, -0.2) is 14.6 Å². The molecule has 1 amide bonds. The predicted octanol–water partition coefficient (Wildman–Crippen LogP) is 1.98. The van der Waals surface area contributed by atoms with Gasteiger partial charge in [0.15, 0.2) is 5.65 Å². The molecule has 0 aliphatic carbocycles. The van der Waals surface area contributed by atoms with Gasteiger partial charge >= 0.3 is 12.1 Å². The van der Waals surface area contributed by atoms with Gasteiger partial charge in [-0.05, 0) is 33.6 Å². The van der Waals surface area contributed by atoms with E-state index >= 15 is 0 Å². The summed E-state index contributed by atoms with van der Waals surface area (Å²) in [5, 5.41) is 10.6. The molecule has 1 fully saturated rings. The van der Waals surface area contributed by atoms with Crippen LogP contribution in [0, 0.1) is 0 Å². The minimum Gasteiger partial charge on any atom is -0.467 e. The van der Waals surface area contributed by atoms with E-state index in [1.165, 1.54) is 12.0 Å². The monoisotopic (exact) mass is 457 g/mol. The highest BCUT2D eigenvalue weighted by atomic mass is 16.6. The van der Waals surface area contributed by atoms with Crippen molar-refractivity contribution in [1.82, 2.24) is 24.5 Å². The number of nitrogen functional groups attached to an aromatic ring is 1. The van der Waals surface area contributed by atoms with Gasteiger partial charge in [0.05, 0.1) is 19.0 Å². The highest BCUT2D eigenvalue weighted by molar-refractivity contribution is 5.83. The molecule has 11 nitrogen and oxygen atoms in total. The van der Waals surface area contributed by atoms with Crippen molar-refractivity contribution in [1.29, 1.82) is 0 Å². The van der Waals surface area contributed by atoms with Crippen LogP contribution in [0.5, 0.6) is 0 Å². The van der Waals surface area contributed by atoms with Crippen molar-refractivity contribution in [2.24, 2.45) is 5.10 Å². The van der Waals surface area contributed by atoms with E-state index in [1.54, 1.807) is 37.5 Å². The van der Waals surface area contributed by atoms with E-state index in [2.05, 4.69) is 10.2 Å². The summed E-state index contributed by atoms with van der Waals surface area (Å²) in [4.78, 5) is 32.1. The van der Waals surface area contributed by atoms with Crippen LogP contribution in [0.3, 0.4) is 0 Å². The van der Waals surface area contributed by atoms with Crippen molar-refractivity contribution < 1.29 is 19.1 Å². The number of hydrazone groups is 1. The molecule has 3 atom stereocenters. The minimum atomic E-state index is -0.863. The number of hydrogen-bond acceptors (Lipinski definition) is 9. The summed E-state index contributed by atoms with van der Waals surface area (Å²) in [6, 6.07) is 0.858. The summed E-state index contributed by atoms with van der Waals surface area (Å²) in [6.45, 7) is 6.49. The Morgan fingerprint density at radius 3 is 2.67 bits per heavy atom. The van der Waals surface area contributed by atoms with Crippen molar-refractivity contribution in [3.63, 3.8) is 0 Å². The number of carbonyl (C=O) groups is 2. The smallest absolute Gasteiger partial charge is 0.411 e.